The zero-order valence-electron chi connectivity index (χ0n) is 10.1. The van der Waals surface area contributed by atoms with E-state index in [1.165, 1.54) is 5.69 Å². The van der Waals surface area contributed by atoms with Crippen molar-refractivity contribution in [3.05, 3.63) is 23.8 Å². The summed E-state index contributed by atoms with van der Waals surface area (Å²) >= 11 is 0. The standard InChI is InChI=1S/C10H13N3.C2H6.H2/c1-6(2)9-4-8-5-11-7(3)12-10(8)13-9;1-2;/h4-6H,1-3H3,(H,11,12,13);1-2H3;1H. The van der Waals surface area contributed by atoms with Crippen molar-refractivity contribution >= 4 is 11.0 Å². The molecule has 2 aromatic rings. The smallest absolute Gasteiger partial charge is 0.141 e. The average Bonchev–Trinajstić information content (AvgIpc) is 2.63. The van der Waals surface area contributed by atoms with Gasteiger partial charge in [-0.25, -0.2) is 9.97 Å². The van der Waals surface area contributed by atoms with Crippen LogP contribution in [0.2, 0.25) is 0 Å². The van der Waals surface area contributed by atoms with Crippen molar-refractivity contribution in [2.45, 2.75) is 40.5 Å². The number of rotatable bonds is 1. The van der Waals surface area contributed by atoms with Gasteiger partial charge in [0.05, 0.1) is 0 Å². The predicted molar refractivity (Wildman–Crippen MR) is 66.2 cm³/mol. The van der Waals surface area contributed by atoms with E-state index in [1.54, 1.807) is 0 Å². The summed E-state index contributed by atoms with van der Waals surface area (Å²) in [7, 11) is 0. The van der Waals surface area contributed by atoms with Crippen LogP contribution in [0.4, 0.5) is 0 Å². The van der Waals surface area contributed by atoms with E-state index in [0.717, 1.165) is 16.9 Å². The molecule has 0 aliphatic rings. The third-order valence-corrected chi connectivity index (χ3v) is 2.13. The fourth-order valence-electron chi connectivity index (χ4n) is 1.34. The summed E-state index contributed by atoms with van der Waals surface area (Å²) < 4.78 is 0. The van der Waals surface area contributed by atoms with E-state index in [0.29, 0.717) is 5.92 Å². The number of aromatic amines is 1. The Morgan fingerprint density at radius 3 is 2.60 bits per heavy atom. The summed E-state index contributed by atoms with van der Waals surface area (Å²) in [6.45, 7) is 10.2. The molecular formula is C12H21N3. The Bertz CT molecular complexity index is 435. The molecule has 0 bridgehead atoms. The molecular weight excluding hydrogens is 186 g/mol. The first kappa shape index (κ1) is 11.7. The first-order valence-corrected chi connectivity index (χ1v) is 5.49. The molecule has 2 rings (SSSR count). The molecule has 0 spiro atoms. The Hall–Kier alpha value is -1.38. The minimum Gasteiger partial charge on any atom is -0.343 e. The van der Waals surface area contributed by atoms with E-state index >= 15 is 0 Å². The van der Waals surface area contributed by atoms with Gasteiger partial charge in [-0.3, -0.25) is 0 Å². The third kappa shape index (κ3) is 2.55. The molecule has 3 heteroatoms. The second kappa shape index (κ2) is 4.91. The van der Waals surface area contributed by atoms with Crippen LogP contribution in [0.15, 0.2) is 12.3 Å². The molecule has 0 atom stereocenters. The molecule has 0 aliphatic heterocycles. The minimum absolute atomic E-state index is 0. The number of H-pyrrole nitrogens is 1. The molecule has 0 aliphatic carbocycles. The quantitative estimate of drug-likeness (QED) is 0.775. The van der Waals surface area contributed by atoms with Crippen molar-refractivity contribution in [3.63, 3.8) is 0 Å². The second-order valence-corrected chi connectivity index (χ2v) is 3.60. The Morgan fingerprint density at radius 1 is 1.33 bits per heavy atom. The number of nitrogens with zero attached hydrogens (tertiary/aromatic N) is 2. The summed E-state index contributed by atoms with van der Waals surface area (Å²) in [5.74, 6) is 1.32. The van der Waals surface area contributed by atoms with Gasteiger partial charge in [0.1, 0.15) is 11.5 Å². The molecule has 2 aromatic heterocycles. The van der Waals surface area contributed by atoms with E-state index in [9.17, 15) is 0 Å². The van der Waals surface area contributed by atoms with Crippen molar-refractivity contribution in [1.29, 1.82) is 0 Å². The normalized spacial score (nSPS) is 10.3. The van der Waals surface area contributed by atoms with E-state index < -0.39 is 0 Å². The van der Waals surface area contributed by atoms with Gasteiger partial charge in [0, 0.05) is 18.7 Å². The van der Waals surface area contributed by atoms with Crippen LogP contribution in [0, 0.1) is 6.92 Å². The maximum absolute atomic E-state index is 4.31. The molecule has 15 heavy (non-hydrogen) atoms. The lowest BCUT2D eigenvalue weighted by molar-refractivity contribution is 0.835. The van der Waals surface area contributed by atoms with Gasteiger partial charge in [-0.15, -0.1) is 0 Å². The lowest BCUT2D eigenvalue weighted by Gasteiger charge is -1.97. The predicted octanol–water partition coefficient (Wildman–Crippen LogP) is 3.66. The molecule has 0 unspecified atom stereocenters. The van der Waals surface area contributed by atoms with Crippen LogP contribution < -0.4 is 0 Å². The molecule has 0 saturated heterocycles. The van der Waals surface area contributed by atoms with E-state index in [1.807, 2.05) is 27.0 Å². The highest BCUT2D eigenvalue weighted by Gasteiger charge is 2.05. The fraction of sp³-hybridized carbons (Fsp3) is 0.500. The van der Waals surface area contributed by atoms with E-state index in [2.05, 4.69) is 34.9 Å². The highest BCUT2D eigenvalue weighted by Crippen LogP contribution is 2.18. The first-order valence-electron chi connectivity index (χ1n) is 5.49. The Balaban J connectivity index is 0.000000711. The van der Waals surface area contributed by atoms with Crippen LogP contribution in [0.3, 0.4) is 0 Å². The van der Waals surface area contributed by atoms with Crippen molar-refractivity contribution in [2.75, 3.05) is 0 Å². The van der Waals surface area contributed by atoms with Gasteiger partial charge in [0.25, 0.3) is 0 Å². The topological polar surface area (TPSA) is 41.6 Å². The van der Waals surface area contributed by atoms with Crippen LogP contribution in [0.25, 0.3) is 11.0 Å². The summed E-state index contributed by atoms with van der Waals surface area (Å²) in [4.78, 5) is 11.7. The number of nitrogens with one attached hydrogen (secondary N) is 1. The van der Waals surface area contributed by atoms with Gasteiger partial charge >= 0.3 is 0 Å². The monoisotopic (exact) mass is 207 g/mol. The van der Waals surface area contributed by atoms with Gasteiger partial charge in [-0.05, 0) is 18.9 Å². The van der Waals surface area contributed by atoms with Crippen molar-refractivity contribution in [3.8, 4) is 0 Å². The largest absolute Gasteiger partial charge is 0.343 e. The maximum Gasteiger partial charge on any atom is 0.141 e. The molecule has 0 aromatic carbocycles. The third-order valence-electron chi connectivity index (χ3n) is 2.13. The van der Waals surface area contributed by atoms with E-state index in [4.69, 9.17) is 0 Å². The number of aryl methyl sites for hydroxylation is 1. The lowest BCUT2D eigenvalue weighted by Crippen LogP contribution is -1.87. The van der Waals surface area contributed by atoms with Crippen LogP contribution in [-0.2, 0) is 0 Å². The fourth-order valence-corrected chi connectivity index (χ4v) is 1.34. The van der Waals surface area contributed by atoms with Crippen LogP contribution in [0.5, 0.6) is 0 Å². The van der Waals surface area contributed by atoms with Gasteiger partial charge in [0.2, 0.25) is 0 Å². The minimum atomic E-state index is 0. The molecule has 1 N–H and O–H groups in total. The Labute approximate surface area is 92.4 Å². The van der Waals surface area contributed by atoms with Gasteiger partial charge in [-0.1, -0.05) is 27.7 Å². The Morgan fingerprint density at radius 2 is 2.00 bits per heavy atom. The van der Waals surface area contributed by atoms with Gasteiger partial charge in [0.15, 0.2) is 0 Å². The SMILES string of the molecule is CC.Cc1ncc2cc(C(C)C)[nH]c2n1.[HH]. The summed E-state index contributed by atoms with van der Waals surface area (Å²) in [5.41, 5.74) is 2.16. The van der Waals surface area contributed by atoms with E-state index in [-0.39, 0.29) is 1.43 Å². The van der Waals surface area contributed by atoms with Crippen molar-refractivity contribution in [1.82, 2.24) is 15.0 Å². The first-order chi connectivity index (χ1) is 7.16. The van der Waals surface area contributed by atoms with Gasteiger partial charge < -0.3 is 4.98 Å². The molecule has 2 heterocycles. The Kier molecular flexibility index (Phi) is 3.83. The average molecular weight is 207 g/mol. The molecule has 84 valence electrons. The van der Waals surface area contributed by atoms with Crippen LogP contribution >= 0.6 is 0 Å². The highest BCUT2D eigenvalue weighted by atomic mass is 14.9. The number of hydrogen-bond acceptors (Lipinski definition) is 2. The zero-order chi connectivity index (χ0) is 11.4. The van der Waals surface area contributed by atoms with Crippen LogP contribution in [-0.4, -0.2) is 15.0 Å². The molecule has 3 nitrogen and oxygen atoms in total. The molecule has 0 fully saturated rings. The van der Waals surface area contributed by atoms with Crippen LogP contribution in [0.1, 0.15) is 46.6 Å². The number of hydrogen-bond donors (Lipinski definition) is 1. The zero-order valence-corrected chi connectivity index (χ0v) is 10.1. The summed E-state index contributed by atoms with van der Waals surface area (Å²) in [6.07, 6.45) is 1.86. The molecule has 0 saturated carbocycles. The van der Waals surface area contributed by atoms with Gasteiger partial charge in [-0.2, -0.15) is 0 Å². The second-order valence-electron chi connectivity index (χ2n) is 3.60. The number of aromatic nitrogens is 3. The number of fused-ring (bicyclic) bond motifs is 1. The highest BCUT2D eigenvalue weighted by molar-refractivity contribution is 5.75. The lowest BCUT2D eigenvalue weighted by atomic mass is 10.1. The maximum atomic E-state index is 4.31. The molecule has 0 amide bonds. The van der Waals surface area contributed by atoms with Crippen molar-refractivity contribution < 1.29 is 1.43 Å². The summed E-state index contributed by atoms with van der Waals surface area (Å²) in [5, 5.41) is 1.09. The summed E-state index contributed by atoms with van der Waals surface area (Å²) in [6, 6.07) is 2.11. The van der Waals surface area contributed by atoms with Crippen molar-refractivity contribution in [2.24, 2.45) is 0 Å². The molecule has 0 radical (unpaired) electrons.